The van der Waals surface area contributed by atoms with Gasteiger partial charge in [-0.2, -0.15) is 0 Å². The third-order valence-electron chi connectivity index (χ3n) is 5.06. The van der Waals surface area contributed by atoms with Gasteiger partial charge in [-0.1, -0.05) is 0 Å². The van der Waals surface area contributed by atoms with Crippen molar-refractivity contribution >= 4 is 23.4 Å². The van der Waals surface area contributed by atoms with Crippen molar-refractivity contribution in [3.63, 3.8) is 0 Å². The molecule has 2 fully saturated rings. The van der Waals surface area contributed by atoms with Crippen molar-refractivity contribution in [3.8, 4) is 0 Å². The highest BCUT2D eigenvalue weighted by Gasteiger charge is 2.31. The number of nitrogens with one attached hydrogen (secondary N) is 1. The largest absolute Gasteiger partial charge is 0.368 e. The number of ether oxygens (including phenoxy) is 1. The molecule has 25 heavy (non-hydrogen) atoms. The van der Waals surface area contributed by atoms with E-state index in [1.165, 1.54) is 0 Å². The predicted octanol–water partition coefficient (Wildman–Crippen LogP) is 0.645. The van der Waals surface area contributed by atoms with Crippen LogP contribution < -0.4 is 5.32 Å². The SMILES string of the molecule is O=C1Cc2cc(C(=O)N3CCN(C(=O)C4CCCO4)CC3)ccc2N1. The van der Waals surface area contributed by atoms with Crippen LogP contribution in [0.1, 0.15) is 28.8 Å². The molecule has 0 bridgehead atoms. The maximum Gasteiger partial charge on any atom is 0.253 e. The number of anilines is 1. The molecule has 4 rings (SSSR count). The van der Waals surface area contributed by atoms with Crippen LogP contribution in [0, 0.1) is 0 Å². The van der Waals surface area contributed by atoms with E-state index in [0.29, 0.717) is 44.8 Å². The molecule has 0 saturated carbocycles. The molecule has 1 aromatic carbocycles. The van der Waals surface area contributed by atoms with Crippen LogP contribution in [0.5, 0.6) is 0 Å². The van der Waals surface area contributed by atoms with E-state index < -0.39 is 0 Å². The highest BCUT2D eigenvalue weighted by atomic mass is 16.5. The van der Waals surface area contributed by atoms with E-state index in [1.54, 1.807) is 28.0 Å². The van der Waals surface area contributed by atoms with Crippen molar-refractivity contribution in [3.05, 3.63) is 29.3 Å². The maximum absolute atomic E-state index is 12.7. The molecular formula is C18H21N3O4. The number of carbonyl (C=O) groups is 3. The molecule has 1 unspecified atom stereocenters. The molecule has 7 nitrogen and oxygen atoms in total. The van der Waals surface area contributed by atoms with Crippen LogP contribution in [-0.2, 0) is 20.7 Å². The van der Waals surface area contributed by atoms with Crippen LogP contribution in [0.2, 0.25) is 0 Å². The minimum Gasteiger partial charge on any atom is -0.368 e. The fraction of sp³-hybridized carbons (Fsp3) is 0.500. The van der Waals surface area contributed by atoms with Crippen molar-refractivity contribution in [2.75, 3.05) is 38.1 Å². The minimum absolute atomic E-state index is 0.0409. The Morgan fingerprint density at radius 1 is 1.12 bits per heavy atom. The number of rotatable bonds is 2. The van der Waals surface area contributed by atoms with Gasteiger partial charge in [0.25, 0.3) is 11.8 Å². The zero-order valence-corrected chi connectivity index (χ0v) is 14.0. The van der Waals surface area contributed by atoms with Crippen LogP contribution in [0.25, 0.3) is 0 Å². The first-order valence-electron chi connectivity index (χ1n) is 8.74. The summed E-state index contributed by atoms with van der Waals surface area (Å²) in [6, 6.07) is 5.32. The van der Waals surface area contributed by atoms with Gasteiger partial charge in [-0.25, -0.2) is 0 Å². The summed E-state index contributed by atoms with van der Waals surface area (Å²) >= 11 is 0. The summed E-state index contributed by atoms with van der Waals surface area (Å²) in [5.41, 5.74) is 2.24. The van der Waals surface area contributed by atoms with Crippen LogP contribution >= 0.6 is 0 Å². The van der Waals surface area contributed by atoms with Crippen molar-refractivity contribution in [2.24, 2.45) is 0 Å². The smallest absolute Gasteiger partial charge is 0.253 e. The Balaban J connectivity index is 1.37. The average Bonchev–Trinajstić information content (AvgIpc) is 3.28. The lowest BCUT2D eigenvalue weighted by Gasteiger charge is -2.35. The fourth-order valence-electron chi connectivity index (χ4n) is 3.65. The lowest BCUT2D eigenvalue weighted by atomic mass is 10.1. The van der Waals surface area contributed by atoms with Gasteiger partial charge in [0.1, 0.15) is 6.10 Å². The van der Waals surface area contributed by atoms with Crippen molar-refractivity contribution in [1.29, 1.82) is 0 Å². The molecule has 3 aliphatic rings. The van der Waals surface area contributed by atoms with E-state index in [2.05, 4.69) is 5.32 Å². The molecule has 0 spiro atoms. The number of benzene rings is 1. The summed E-state index contributed by atoms with van der Waals surface area (Å²) in [6.45, 7) is 2.77. The van der Waals surface area contributed by atoms with Gasteiger partial charge in [0.15, 0.2) is 0 Å². The van der Waals surface area contributed by atoms with Gasteiger partial charge >= 0.3 is 0 Å². The molecule has 3 aliphatic heterocycles. The fourth-order valence-corrected chi connectivity index (χ4v) is 3.65. The molecule has 0 radical (unpaired) electrons. The second kappa shape index (κ2) is 6.48. The molecule has 3 heterocycles. The van der Waals surface area contributed by atoms with Crippen molar-refractivity contribution < 1.29 is 19.1 Å². The number of fused-ring (bicyclic) bond motifs is 1. The number of piperazine rings is 1. The van der Waals surface area contributed by atoms with E-state index in [-0.39, 0.29) is 23.8 Å². The van der Waals surface area contributed by atoms with Crippen molar-refractivity contribution in [1.82, 2.24) is 9.80 Å². The highest BCUT2D eigenvalue weighted by Crippen LogP contribution is 2.25. The lowest BCUT2D eigenvalue weighted by molar-refractivity contribution is -0.142. The predicted molar refractivity (Wildman–Crippen MR) is 90.2 cm³/mol. The first kappa shape index (κ1) is 16.1. The van der Waals surface area contributed by atoms with Crippen LogP contribution in [0.15, 0.2) is 18.2 Å². The molecule has 132 valence electrons. The van der Waals surface area contributed by atoms with Gasteiger partial charge in [0.2, 0.25) is 5.91 Å². The number of nitrogens with zero attached hydrogens (tertiary/aromatic N) is 2. The summed E-state index contributed by atoms with van der Waals surface area (Å²) in [6.07, 6.45) is 1.74. The van der Waals surface area contributed by atoms with Gasteiger partial charge in [-0.15, -0.1) is 0 Å². The van der Waals surface area contributed by atoms with Crippen molar-refractivity contribution in [2.45, 2.75) is 25.4 Å². The van der Waals surface area contributed by atoms with E-state index in [0.717, 1.165) is 24.1 Å². The van der Waals surface area contributed by atoms with E-state index in [4.69, 9.17) is 4.74 Å². The number of hydrogen-bond acceptors (Lipinski definition) is 4. The quantitative estimate of drug-likeness (QED) is 0.855. The topological polar surface area (TPSA) is 79.0 Å². The van der Waals surface area contributed by atoms with E-state index in [9.17, 15) is 14.4 Å². The van der Waals surface area contributed by atoms with E-state index >= 15 is 0 Å². The normalized spacial score (nSPS) is 22.7. The second-order valence-corrected chi connectivity index (χ2v) is 6.72. The number of amides is 3. The number of carbonyl (C=O) groups excluding carboxylic acids is 3. The zero-order chi connectivity index (χ0) is 17.4. The molecule has 1 N–H and O–H groups in total. The summed E-state index contributed by atoms with van der Waals surface area (Å²) in [5, 5.41) is 2.77. The Bertz CT molecular complexity index is 719. The van der Waals surface area contributed by atoms with Crippen LogP contribution in [0.3, 0.4) is 0 Å². The van der Waals surface area contributed by atoms with Gasteiger partial charge in [0, 0.05) is 44.0 Å². The molecule has 3 amide bonds. The monoisotopic (exact) mass is 343 g/mol. The first-order valence-corrected chi connectivity index (χ1v) is 8.74. The van der Waals surface area contributed by atoms with E-state index in [1.807, 2.05) is 0 Å². The first-order chi connectivity index (χ1) is 12.1. The van der Waals surface area contributed by atoms with Crippen LogP contribution in [-0.4, -0.2) is 66.4 Å². The lowest BCUT2D eigenvalue weighted by Crippen LogP contribution is -2.52. The summed E-state index contributed by atoms with van der Waals surface area (Å²) in [7, 11) is 0. The zero-order valence-electron chi connectivity index (χ0n) is 14.0. The Morgan fingerprint density at radius 3 is 2.60 bits per heavy atom. The standard InChI is InChI=1S/C18H21N3O4/c22-16-11-13-10-12(3-4-14(13)19-16)17(23)20-5-7-21(8-6-20)18(24)15-2-1-9-25-15/h3-4,10,15H,1-2,5-9,11H2,(H,19,22). The van der Waals surface area contributed by atoms with Gasteiger partial charge < -0.3 is 19.9 Å². The Labute approximate surface area is 145 Å². The van der Waals surface area contributed by atoms with Gasteiger partial charge in [-0.05, 0) is 36.6 Å². The van der Waals surface area contributed by atoms with Gasteiger partial charge in [0.05, 0.1) is 6.42 Å². The molecular weight excluding hydrogens is 322 g/mol. The molecule has 7 heteroatoms. The highest BCUT2D eigenvalue weighted by molar-refractivity contribution is 6.01. The summed E-state index contributed by atoms with van der Waals surface area (Å²) < 4.78 is 5.46. The molecule has 1 atom stereocenters. The average molecular weight is 343 g/mol. The minimum atomic E-state index is -0.302. The third kappa shape index (κ3) is 3.11. The third-order valence-corrected chi connectivity index (χ3v) is 5.06. The molecule has 0 aromatic heterocycles. The Hall–Kier alpha value is -2.41. The maximum atomic E-state index is 12.7. The summed E-state index contributed by atoms with van der Waals surface area (Å²) in [5.74, 6) is -0.0426. The second-order valence-electron chi connectivity index (χ2n) is 6.72. The Morgan fingerprint density at radius 2 is 1.88 bits per heavy atom. The molecule has 2 saturated heterocycles. The molecule has 1 aromatic rings. The number of hydrogen-bond donors (Lipinski definition) is 1. The van der Waals surface area contributed by atoms with Crippen LogP contribution in [0.4, 0.5) is 5.69 Å². The molecule has 0 aliphatic carbocycles. The Kier molecular flexibility index (Phi) is 4.17. The van der Waals surface area contributed by atoms with Gasteiger partial charge in [-0.3, -0.25) is 14.4 Å². The summed E-state index contributed by atoms with van der Waals surface area (Å²) in [4.78, 5) is 40.1.